The second-order valence-corrected chi connectivity index (χ2v) is 4.93. The van der Waals surface area contributed by atoms with Crippen molar-refractivity contribution >= 4 is 5.57 Å². The molecule has 0 saturated carbocycles. The van der Waals surface area contributed by atoms with Crippen LogP contribution in [0, 0.1) is 0 Å². The van der Waals surface area contributed by atoms with Gasteiger partial charge < -0.3 is 9.47 Å². The van der Waals surface area contributed by atoms with E-state index in [0.717, 1.165) is 18.6 Å². The molecular weight excluding hydrogens is 236 g/mol. The molecule has 0 fully saturated rings. The number of ether oxygens (including phenoxy) is 2. The molecule has 0 bridgehead atoms. The predicted molar refractivity (Wildman–Crippen MR) is 79.4 cm³/mol. The Balaban J connectivity index is 1.84. The standard InChI is InChI=1S/C17H22O2/c1-14(2)18-12-13-19-17-10-8-16(9-11-17)15-6-4-3-5-7-15/h4,6-11,14H,3,5,12-13H2,1-2H3. The summed E-state index contributed by atoms with van der Waals surface area (Å²) < 4.78 is 11.1. The van der Waals surface area contributed by atoms with Gasteiger partial charge in [0.2, 0.25) is 0 Å². The fourth-order valence-electron chi connectivity index (χ4n) is 2.01. The maximum absolute atomic E-state index is 5.64. The van der Waals surface area contributed by atoms with Gasteiger partial charge in [-0.05, 0) is 50.0 Å². The Bertz CT molecular complexity index is 441. The van der Waals surface area contributed by atoms with Gasteiger partial charge in [0.15, 0.2) is 0 Å². The highest BCUT2D eigenvalue weighted by molar-refractivity contribution is 5.74. The summed E-state index contributed by atoms with van der Waals surface area (Å²) >= 11 is 0. The maximum atomic E-state index is 5.64. The summed E-state index contributed by atoms with van der Waals surface area (Å²) in [5.74, 6) is 0.900. The summed E-state index contributed by atoms with van der Waals surface area (Å²) in [5, 5.41) is 0. The topological polar surface area (TPSA) is 18.5 Å². The first-order chi connectivity index (χ1) is 9.25. The maximum Gasteiger partial charge on any atom is 0.119 e. The lowest BCUT2D eigenvalue weighted by molar-refractivity contribution is 0.0553. The highest BCUT2D eigenvalue weighted by Gasteiger charge is 2.02. The average Bonchev–Trinajstić information content (AvgIpc) is 2.45. The fourth-order valence-corrected chi connectivity index (χ4v) is 2.01. The first kappa shape index (κ1) is 13.9. The zero-order chi connectivity index (χ0) is 13.5. The van der Waals surface area contributed by atoms with Gasteiger partial charge in [-0.25, -0.2) is 0 Å². The quantitative estimate of drug-likeness (QED) is 0.711. The monoisotopic (exact) mass is 258 g/mol. The Morgan fingerprint density at radius 1 is 1.05 bits per heavy atom. The second kappa shape index (κ2) is 7.15. The van der Waals surface area contributed by atoms with Crippen LogP contribution in [-0.2, 0) is 4.74 Å². The van der Waals surface area contributed by atoms with Crippen LogP contribution in [0.4, 0.5) is 0 Å². The third-order valence-electron chi connectivity index (χ3n) is 2.99. The Hall–Kier alpha value is -1.54. The van der Waals surface area contributed by atoms with E-state index < -0.39 is 0 Å². The van der Waals surface area contributed by atoms with Crippen molar-refractivity contribution in [1.82, 2.24) is 0 Å². The molecule has 0 aromatic heterocycles. The molecule has 0 radical (unpaired) electrons. The van der Waals surface area contributed by atoms with Gasteiger partial charge in [-0.1, -0.05) is 30.4 Å². The Morgan fingerprint density at radius 2 is 1.84 bits per heavy atom. The normalized spacial score (nSPS) is 14.6. The molecule has 102 valence electrons. The Morgan fingerprint density at radius 3 is 2.47 bits per heavy atom. The Kier molecular flexibility index (Phi) is 5.22. The molecule has 0 spiro atoms. The summed E-state index contributed by atoms with van der Waals surface area (Å²) in [4.78, 5) is 0. The lowest BCUT2D eigenvalue weighted by atomic mass is 10.00. The van der Waals surface area contributed by atoms with Gasteiger partial charge in [0, 0.05) is 0 Å². The molecule has 0 atom stereocenters. The average molecular weight is 258 g/mol. The van der Waals surface area contributed by atoms with Crippen LogP contribution in [0.25, 0.3) is 5.57 Å². The molecule has 2 nitrogen and oxygen atoms in total. The van der Waals surface area contributed by atoms with Crippen LogP contribution in [0.1, 0.15) is 32.3 Å². The minimum atomic E-state index is 0.260. The van der Waals surface area contributed by atoms with E-state index in [9.17, 15) is 0 Å². The minimum Gasteiger partial charge on any atom is -0.491 e. The highest BCUT2D eigenvalue weighted by Crippen LogP contribution is 2.23. The Labute approximate surface area is 115 Å². The SMILES string of the molecule is CC(C)OCCOc1ccc(C2=CCCC=C2)cc1. The zero-order valence-corrected chi connectivity index (χ0v) is 11.8. The van der Waals surface area contributed by atoms with Gasteiger partial charge in [0.25, 0.3) is 0 Å². The van der Waals surface area contributed by atoms with E-state index in [1.54, 1.807) is 0 Å². The van der Waals surface area contributed by atoms with Gasteiger partial charge in [-0.3, -0.25) is 0 Å². The molecule has 0 unspecified atom stereocenters. The van der Waals surface area contributed by atoms with E-state index in [1.807, 2.05) is 26.0 Å². The van der Waals surface area contributed by atoms with Crippen LogP contribution >= 0.6 is 0 Å². The van der Waals surface area contributed by atoms with Gasteiger partial charge >= 0.3 is 0 Å². The molecule has 0 aliphatic heterocycles. The molecule has 2 rings (SSSR count). The van der Waals surface area contributed by atoms with Crippen LogP contribution in [0.15, 0.2) is 42.5 Å². The van der Waals surface area contributed by atoms with Crippen molar-refractivity contribution in [2.24, 2.45) is 0 Å². The molecule has 19 heavy (non-hydrogen) atoms. The van der Waals surface area contributed by atoms with Crippen molar-refractivity contribution in [3.05, 3.63) is 48.1 Å². The van der Waals surface area contributed by atoms with Crippen LogP contribution in [0.2, 0.25) is 0 Å². The molecule has 0 saturated heterocycles. The van der Waals surface area contributed by atoms with Crippen LogP contribution < -0.4 is 4.74 Å². The third-order valence-corrected chi connectivity index (χ3v) is 2.99. The summed E-state index contributed by atoms with van der Waals surface area (Å²) in [7, 11) is 0. The van der Waals surface area contributed by atoms with E-state index in [-0.39, 0.29) is 6.10 Å². The molecule has 0 N–H and O–H groups in total. The van der Waals surface area contributed by atoms with Crippen molar-refractivity contribution in [3.63, 3.8) is 0 Å². The van der Waals surface area contributed by atoms with Crippen LogP contribution in [0.3, 0.4) is 0 Å². The first-order valence-corrected chi connectivity index (χ1v) is 6.97. The minimum absolute atomic E-state index is 0.260. The molecule has 1 aliphatic carbocycles. The van der Waals surface area contributed by atoms with E-state index in [4.69, 9.17) is 9.47 Å². The van der Waals surface area contributed by atoms with E-state index in [1.165, 1.54) is 11.1 Å². The zero-order valence-electron chi connectivity index (χ0n) is 11.8. The van der Waals surface area contributed by atoms with Crippen molar-refractivity contribution in [2.75, 3.05) is 13.2 Å². The van der Waals surface area contributed by atoms with Crippen molar-refractivity contribution in [1.29, 1.82) is 0 Å². The fraction of sp³-hybridized carbons (Fsp3) is 0.412. The van der Waals surface area contributed by atoms with Gasteiger partial charge in [0.05, 0.1) is 12.7 Å². The number of allylic oxidation sites excluding steroid dienone is 4. The van der Waals surface area contributed by atoms with Crippen LogP contribution in [0.5, 0.6) is 5.75 Å². The van der Waals surface area contributed by atoms with Crippen molar-refractivity contribution < 1.29 is 9.47 Å². The molecule has 1 aromatic rings. The van der Waals surface area contributed by atoms with Crippen molar-refractivity contribution in [2.45, 2.75) is 32.8 Å². The number of rotatable bonds is 6. The highest BCUT2D eigenvalue weighted by atomic mass is 16.5. The summed E-state index contributed by atoms with van der Waals surface area (Å²) in [6.07, 6.45) is 9.25. The van der Waals surface area contributed by atoms with Crippen LogP contribution in [-0.4, -0.2) is 19.3 Å². The molecular formula is C17H22O2. The predicted octanol–water partition coefficient (Wildman–Crippen LogP) is 4.22. The smallest absolute Gasteiger partial charge is 0.119 e. The lowest BCUT2D eigenvalue weighted by Gasteiger charge is -2.11. The molecule has 1 aliphatic rings. The first-order valence-electron chi connectivity index (χ1n) is 6.97. The number of hydrogen-bond acceptors (Lipinski definition) is 2. The molecule has 1 aromatic carbocycles. The third kappa shape index (κ3) is 4.56. The summed E-state index contributed by atoms with van der Waals surface area (Å²) in [6.45, 7) is 5.29. The van der Waals surface area contributed by atoms with E-state index in [2.05, 4.69) is 30.4 Å². The molecule has 2 heteroatoms. The summed E-state index contributed by atoms with van der Waals surface area (Å²) in [6, 6.07) is 8.27. The largest absolute Gasteiger partial charge is 0.491 e. The van der Waals surface area contributed by atoms with Gasteiger partial charge in [-0.2, -0.15) is 0 Å². The second-order valence-electron chi connectivity index (χ2n) is 4.93. The van der Waals surface area contributed by atoms with E-state index >= 15 is 0 Å². The number of benzene rings is 1. The van der Waals surface area contributed by atoms with Crippen molar-refractivity contribution in [3.8, 4) is 5.75 Å². The summed E-state index contributed by atoms with van der Waals surface area (Å²) in [5.41, 5.74) is 2.56. The molecule has 0 amide bonds. The number of hydrogen-bond donors (Lipinski definition) is 0. The van der Waals surface area contributed by atoms with Gasteiger partial charge in [0.1, 0.15) is 12.4 Å². The van der Waals surface area contributed by atoms with E-state index in [0.29, 0.717) is 13.2 Å². The van der Waals surface area contributed by atoms with Gasteiger partial charge in [-0.15, -0.1) is 0 Å². The molecule has 0 heterocycles. The lowest BCUT2D eigenvalue weighted by Crippen LogP contribution is -2.11.